The average molecular weight is 313 g/mol. The maximum absolute atomic E-state index is 13.1. The van der Waals surface area contributed by atoms with Crippen molar-refractivity contribution in [1.29, 1.82) is 5.26 Å². The van der Waals surface area contributed by atoms with Gasteiger partial charge in [-0.1, -0.05) is 12.8 Å². The Morgan fingerprint density at radius 3 is 2.52 bits per heavy atom. The lowest BCUT2D eigenvalue weighted by molar-refractivity contribution is -0.388. The number of hydrogen-bond donors (Lipinski definition) is 1. The molecule has 1 N–H and O–H groups in total. The molecule has 1 aliphatic rings. The Hall–Kier alpha value is -2.05. The minimum atomic E-state index is -4.29. The van der Waals surface area contributed by atoms with Crippen molar-refractivity contribution in [3.8, 4) is 6.07 Å². The normalized spacial score (nSPS) is 17.3. The highest BCUT2D eigenvalue weighted by atomic mass is 32.2. The fourth-order valence-corrected chi connectivity index (χ4v) is 3.92. The molecule has 0 heterocycles. The lowest BCUT2D eigenvalue weighted by Crippen LogP contribution is -2.45. The molecule has 0 aromatic heterocycles. The lowest BCUT2D eigenvalue weighted by Gasteiger charge is -2.21. The molecule has 0 spiro atoms. The number of nitriles is 1. The SMILES string of the molecule is N#CC1(NS(=O)(=O)c2ccc(F)cc2[N+](=O)[O-])CCCC1. The van der Waals surface area contributed by atoms with Gasteiger partial charge in [-0.2, -0.15) is 9.98 Å². The van der Waals surface area contributed by atoms with E-state index in [2.05, 4.69) is 4.72 Å². The molecule has 7 nitrogen and oxygen atoms in total. The first-order valence-electron chi connectivity index (χ1n) is 6.19. The first-order chi connectivity index (χ1) is 9.80. The van der Waals surface area contributed by atoms with E-state index in [0.717, 1.165) is 12.1 Å². The van der Waals surface area contributed by atoms with Crippen LogP contribution >= 0.6 is 0 Å². The number of hydrogen-bond acceptors (Lipinski definition) is 5. The van der Waals surface area contributed by atoms with Crippen molar-refractivity contribution in [3.63, 3.8) is 0 Å². The summed E-state index contributed by atoms with van der Waals surface area (Å²) in [6.07, 6.45) is 2.08. The van der Waals surface area contributed by atoms with Crippen LogP contribution in [0.5, 0.6) is 0 Å². The van der Waals surface area contributed by atoms with Gasteiger partial charge in [0.15, 0.2) is 4.90 Å². The van der Waals surface area contributed by atoms with Crippen LogP contribution < -0.4 is 4.72 Å². The highest BCUT2D eigenvalue weighted by Gasteiger charge is 2.40. The minimum absolute atomic E-state index is 0.345. The van der Waals surface area contributed by atoms with Crippen LogP contribution in [0.1, 0.15) is 25.7 Å². The predicted molar refractivity (Wildman–Crippen MR) is 70.2 cm³/mol. The Labute approximate surface area is 120 Å². The minimum Gasteiger partial charge on any atom is -0.258 e. The second kappa shape index (κ2) is 5.38. The van der Waals surface area contributed by atoms with E-state index in [9.17, 15) is 28.2 Å². The number of sulfonamides is 1. The van der Waals surface area contributed by atoms with Crippen LogP contribution in [0.4, 0.5) is 10.1 Å². The summed E-state index contributed by atoms with van der Waals surface area (Å²) in [5.41, 5.74) is -2.10. The molecule has 112 valence electrons. The van der Waals surface area contributed by atoms with Gasteiger partial charge in [0.2, 0.25) is 10.0 Å². The second-order valence-electron chi connectivity index (χ2n) is 4.88. The fraction of sp³-hybridized carbons (Fsp3) is 0.417. The van der Waals surface area contributed by atoms with Crippen LogP contribution in [0.25, 0.3) is 0 Å². The molecule has 21 heavy (non-hydrogen) atoms. The summed E-state index contributed by atoms with van der Waals surface area (Å²) in [6.45, 7) is 0. The molecule has 1 saturated carbocycles. The number of nitrogens with one attached hydrogen (secondary N) is 1. The molecule has 1 aliphatic carbocycles. The van der Waals surface area contributed by atoms with E-state index in [1.54, 1.807) is 0 Å². The number of nitro benzene ring substituents is 1. The molecular weight excluding hydrogens is 301 g/mol. The predicted octanol–water partition coefficient (Wildman–Crippen LogP) is 1.85. The Kier molecular flexibility index (Phi) is 3.93. The van der Waals surface area contributed by atoms with Crippen LogP contribution in [0.15, 0.2) is 23.1 Å². The zero-order valence-corrected chi connectivity index (χ0v) is 11.7. The van der Waals surface area contributed by atoms with E-state index in [-0.39, 0.29) is 0 Å². The van der Waals surface area contributed by atoms with Crippen molar-refractivity contribution in [2.75, 3.05) is 0 Å². The van der Waals surface area contributed by atoms with E-state index in [1.807, 2.05) is 6.07 Å². The van der Waals surface area contributed by atoms with Gasteiger partial charge >= 0.3 is 0 Å². The van der Waals surface area contributed by atoms with Gasteiger partial charge in [0.1, 0.15) is 11.4 Å². The average Bonchev–Trinajstić information content (AvgIpc) is 2.86. The van der Waals surface area contributed by atoms with Crippen molar-refractivity contribution in [2.24, 2.45) is 0 Å². The summed E-state index contributed by atoms with van der Waals surface area (Å²) >= 11 is 0. The summed E-state index contributed by atoms with van der Waals surface area (Å²) in [5, 5.41) is 20.1. The highest BCUT2D eigenvalue weighted by molar-refractivity contribution is 7.89. The summed E-state index contributed by atoms with van der Waals surface area (Å²) in [7, 11) is -4.29. The smallest absolute Gasteiger partial charge is 0.258 e. The van der Waals surface area contributed by atoms with E-state index < -0.39 is 36.9 Å². The highest BCUT2D eigenvalue weighted by Crippen LogP contribution is 2.32. The third kappa shape index (κ3) is 3.01. The molecule has 0 saturated heterocycles. The number of benzene rings is 1. The van der Waals surface area contributed by atoms with E-state index in [4.69, 9.17) is 0 Å². The number of nitro groups is 1. The lowest BCUT2D eigenvalue weighted by atomic mass is 10.0. The standard InChI is InChI=1S/C12H12FN3O4S/c13-9-3-4-11(10(7-9)16(17)18)21(19,20)15-12(8-14)5-1-2-6-12/h3-4,7,15H,1-2,5-6H2. The van der Waals surface area contributed by atoms with Crippen LogP contribution in [-0.2, 0) is 10.0 Å². The van der Waals surface area contributed by atoms with E-state index in [1.165, 1.54) is 0 Å². The molecular formula is C12H12FN3O4S. The van der Waals surface area contributed by atoms with Crippen LogP contribution in [-0.4, -0.2) is 18.9 Å². The van der Waals surface area contributed by atoms with Gasteiger partial charge in [-0.25, -0.2) is 12.8 Å². The fourth-order valence-electron chi connectivity index (χ4n) is 2.39. The van der Waals surface area contributed by atoms with Gasteiger partial charge in [0.25, 0.3) is 5.69 Å². The molecule has 0 atom stereocenters. The van der Waals surface area contributed by atoms with Gasteiger partial charge in [-0.05, 0) is 25.0 Å². The topological polar surface area (TPSA) is 113 Å². The molecule has 0 aliphatic heterocycles. The molecule has 0 amide bonds. The Morgan fingerprint density at radius 1 is 1.38 bits per heavy atom. The zero-order valence-electron chi connectivity index (χ0n) is 10.9. The quantitative estimate of drug-likeness (QED) is 0.673. The van der Waals surface area contributed by atoms with Crippen LogP contribution in [0.3, 0.4) is 0 Å². The van der Waals surface area contributed by atoms with Crippen molar-refractivity contribution in [1.82, 2.24) is 4.72 Å². The first kappa shape index (κ1) is 15.3. The number of halogens is 1. The van der Waals surface area contributed by atoms with Gasteiger partial charge in [0, 0.05) is 0 Å². The number of nitrogens with zero attached hydrogens (tertiary/aromatic N) is 2. The van der Waals surface area contributed by atoms with Gasteiger partial charge in [-0.3, -0.25) is 10.1 Å². The van der Waals surface area contributed by atoms with Crippen molar-refractivity contribution in [3.05, 3.63) is 34.1 Å². The molecule has 0 radical (unpaired) electrons. The van der Waals surface area contributed by atoms with Crippen LogP contribution in [0, 0.1) is 27.3 Å². The summed E-state index contributed by atoms with van der Waals surface area (Å²) < 4.78 is 39.9. The number of rotatable bonds is 4. The van der Waals surface area contributed by atoms with E-state index in [0.29, 0.717) is 31.7 Å². The summed E-state index contributed by atoms with van der Waals surface area (Å²) in [4.78, 5) is 9.28. The van der Waals surface area contributed by atoms with Crippen molar-refractivity contribution < 1.29 is 17.7 Å². The summed E-state index contributed by atoms with van der Waals surface area (Å²) in [6, 6.07) is 4.13. The zero-order chi connectivity index (χ0) is 15.7. The monoisotopic (exact) mass is 313 g/mol. The second-order valence-corrected chi connectivity index (χ2v) is 6.53. The van der Waals surface area contributed by atoms with Crippen molar-refractivity contribution >= 4 is 15.7 Å². The summed E-state index contributed by atoms with van der Waals surface area (Å²) in [5.74, 6) is -0.906. The van der Waals surface area contributed by atoms with Crippen molar-refractivity contribution in [2.45, 2.75) is 36.1 Å². The maximum atomic E-state index is 13.1. The molecule has 1 aromatic carbocycles. The van der Waals surface area contributed by atoms with Crippen LogP contribution in [0.2, 0.25) is 0 Å². The molecule has 1 fully saturated rings. The largest absolute Gasteiger partial charge is 0.292 e. The Morgan fingerprint density at radius 2 is 2.00 bits per heavy atom. The van der Waals surface area contributed by atoms with E-state index >= 15 is 0 Å². The molecule has 0 bridgehead atoms. The maximum Gasteiger partial charge on any atom is 0.292 e. The Balaban J connectivity index is 2.46. The molecule has 0 unspecified atom stereocenters. The van der Waals surface area contributed by atoms with Gasteiger partial charge in [-0.15, -0.1) is 0 Å². The van der Waals surface area contributed by atoms with Gasteiger partial charge < -0.3 is 0 Å². The van der Waals surface area contributed by atoms with Gasteiger partial charge in [0.05, 0.1) is 17.1 Å². The first-order valence-corrected chi connectivity index (χ1v) is 7.67. The molecule has 1 aromatic rings. The molecule has 9 heteroatoms. The molecule has 2 rings (SSSR count). The third-order valence-corrected chi connectivity index (χ3v) is 4.99. The Bertz CT molecular complexity index is 721. The third-order valence-electron chi connectivity index (χ3n) is 3.41.